The van der Waals surface area contributed by atoms with Crippen LogP contribution in [-0.4, -0.2) is 69.3 Å². The molecule has 2 aliphatic rings. The van der Waals surface area contributed by atoms with E-state index in [1.807, 2.05) is 17.0 Å². The molecule has 1 amide bonds. The highest BCUT2D eigenvalue weighted by atomic mass is 32.2. The Labute approximate surface area is 169 Å². The second kappa shape index (κ2) is 8.51. The van der Waals surface area contributed by atoms with E-state index in [-0.39, 0.29) is 11.3 Å². The summed E-state index contributed by atoms with van der Waals surface area (Å²) in [7, 11) is -3.47. The lowest BCUT2D eigenvalue weighted by molar-refractivity contribution is -0.896. The molecule has 2 aliphatic heterocycles. The fourth-order valence-electron chi connectivity index (χ4n) is 3.96. The summed E-state index contributed by atoms with van der Waals surface area (Å²) in [4.78, 5) is 16.0. The van der Waals surface area contributed by atoms with Gasteiger partial charge in [-0.1, -0.05) is 32.9 Å². The maximum absolute atomic E-state index is 13.0. The summed E-state index contributed by atoms with van der Waals surface area (Å²) in [6.45, 7) is 10.9. The van der Waals surface area contributed by atoms with Crippen molar-refractivity contribution in [3.63, 3.8) is 0 Å². The summed E-state index contributed by atoms with van der Waals surface area (Å²) in [5.74, 6) is 0.212. The van der Waals surface area contributed by atoms with Crippen LogP contribution in [0.1, 0.15) is 45.6 Å². The first-order valence-corrected chi connectivity index (χ1v) is 11.8. The quantitative estimate of drug-likeness (QED) is 0.805. The molecule has 2 heterocycles. The predicted molar refractivity (Wildman–Crippen MR) is 110 cm³/mol. The molecule has 156 valence electrons. The first-order chi connectivity index (χ1) is 13.2. The van der Waals surface area contributed by atoms with E-state index in [0.717, 1.165) is 31.5 Å². The molecule has 2 saturated heterocycles. The summed E-state index contributed by atoms with van der Waals surface area (Å²) in [6.07, 6.45) is 3.41. The third kappa shape index (κ3) is 4.93. The van der Waals surface area contributed by atoms with Crippen LogP contribution < -0.4 is 4.90 Å². The van der Waals surface area contributed by atoms with Gasteiger partial charge in [-0.2, -0.15) is 4.31 Å². The maximum atomic E-state index is 13.0. The minimum atomic E-state index is -3.47. The molecular weight excluding hydrogens is 374 g/mol. The van der Waals surface area contributed by atoms with Gasteiger partial charge in [-0.05, 0) is 42.4 Å². The summed E-state index contributed by atoms with van der Waals surface area (Å²) >= 11 is 0. The SMILES string of the molecule is CC(C)(C)c1ccc(S(=O)(=O)N2CC[NH+](CC(=O)N3CCCCC3)CC2)cc1. The molecule has 28 heavy (non-hydrogen) atoms. The van der Waals surface area contributed by atoms with Crippen LogP contribution >= 0.6 is 0 Å². The smallest absolute Gasteiger partial charge is 0.277 e. The molecule has 0 spiro atoms. The van der Waals surface area contributed by atoms with Crippen LogP contribution in [-0.2, 0) is 20.2 Å². The van der Waals surface area contributed by atoms with Gasteiger partial charge in [-0.3, -0.25) is 4.79 Å². The van der Waals surface area contributed by atoms with Crippen molar-refractivity contribution < 1.29 is 18.1 Å². The number of likely N-dealkylation sites (tertiary alicyclic amines) is 1. The lowest BCUT2D eigenvalue weighted by Gasteiger charge is -2.33. The molecule has 0 atom stereocenters. The average Bonchev–Trinajstić information content (AvgIpc) is 2.68. The average molecular weight is 409 g/mol. The van der Waals surface area contributed by atoms with E-state index in [1.165, 1.54) is 11.3 Å². The van der Waals surface area contributed by atoms with Gasteiger partial charge in [0.25, 0.3) is 5.91 Å². The number of carbonyl (C=O) groups excluding carboxylic acids is 1. The van der Waals surface area contributed by atoms with Gasteiger partial charge >= 0.3 is 0 Å². The zero-order valence-corrected chi connectivity index (χ0v) is 18.2. The second-order valence-corrected chi connectivity index (χ2v) is 11.0. The summed E-state index contributed by atoms with van der Waals surface area (Å²) < 4.78 is 27.5. The van der Waals surface area contributed by atoms with Crippen LogP contribution in [0, 0.1) is 0 Å². The van der Waals surface area contributed by atoms with E-state index < -0.39 is 10.0 Å². The van der Waals surface area contributed by atoms with Gasteiger partial charge < -0.3 is 9.80 Å². The summed E-state index contributed by atoms with van der Waals surface area (Å²) in [5.41, 5.74) is 1.12. The zero-order chi connectivity index (χ0) is 20.4. The van der Waals surface area contributed by atoms with E-state index >= 15 is 0 Å². The Balaban J connectivity index is 1.56. The van der Waals surface area contributed by atoms with Crippen LogP contribution in [0.4, 0.5) is 0 Å². The van der Waals surface area contributed by atoms with Gasteiger partial charge in [0.1, 0.15) is 0 Å². The largest absolute Gasteiger partial charge is 0.338 e. The van der Waals surface area contributed by atoms with Crippen molar-refractivity contribution in [3.05, 3.63) is 29.8 Å². The Bertz CT molecular complexity index is 770. The van der Waals surface area contributed by atoms with Crippen molar-refractivity contribution in [1.82, 2.24) is 9.21 Å². The molecule has 0 saturated carbocycles. The third-order valence-electron chi connectivity index (χ3n) is 5.90. The molecule has 0 aromatic heterocycles. The Morgan fingerprint density at radius 1 is 0.964 bits per heavy atom. The number of rotatable bonds is 4. The number of nitrogens with one attached hydrogen (secondary N) is 1. The molecule has 1 N–H and O–H groups in total. The van der Waals surface area contributed by atoms with Gasteiger partial charge in [0.2, 0.25) is 10.0 Å². The standard InChI is InChI=1S/C21H33N3O3S/c1-21(2,3)18-7-9-19(10-8-18)28(26,27)24-15-13-22(14-16-24)17-20(25)23-11-5-4-6-12-23/h7-10H,4-6,11-17H2,1-3H3/p+1. The topological polar surface area (TPSA) is 62.1 Å². The molecule has 1 aromatic rings. The van der Waals surface area contributed by atoms with Crippen LogP contribution in [0.15, 0.2) is 29.2 Å². The molecule has 0 radical (unpaired) electrons. The van der Waals surface area contributed by atoms with Crippen molar-refractivity contribution in [2.75, 3.05) is 45.8 Å². The molecule has 3 rings (SSSR count). The highest BCUT2D eigenvalue weighted by Crippen LogP contribution is 2.24. The van der Waals surface area contributed by atoms with Gasteiger partial charge in [-0.25, -0.2) is 8.42 Å². The van der Waals surface area contributed by atoms with Crippen molar-refractivity contribution in [2.45, 2.75) is 50.3 Å². The summed E-state index contributed by atoms with van der Waals surface area (Å²) in [5, 5.41) is 0. The van der Waals surface area contributed by atoms with Crippen molar-refractivity contribution in [1.29, 1.82) is 0 Å². The van der Waals surface area contributed by atoms with E-state index in [4.69, 9.17) is 0 Å². The Morgan fingerprint density at radius 3 is 2.07 bits per heavy atom. The van der Waals surface area contributed by atoms with Gasteiger partial charge in [0.05, 0.1) is 31.1 Å². The number of benzene rings is 1. The summed E-state index contributed by atoms with van der Waals surface area (Å²) in [6, 6.07) is 7.25. The van der Waals surface area contributed by atoms with Crippen LogP contribution in [0.3, 0.4) is 0 Å². The first kappa shape index (κ1) is 21.3. The molecule has 0 aliphatic carbocycles. The van der Waals surface area contributed by atoms with Crippen LogP contribution in [0.25, 0.3) is 0 Å². The predicted octanol–water partition coefficient (Wildman–Crippen LogP) is 0.886. The Hall–Kier alpha value is -1.44. The number of piperidine rings is 1. The fraction of sp³-hybridized carbons (Fsp3) is 0.667. The Kier molecular flexibility index (Phi) is 6.47. The number of piperazine rings is 1. The van der Waals surface area contributed by atoms with Gasteiger partial charge in [0.15, 0.2) is 6.54 Å². The molecular formula is C21H34N3O3S+. The van der Waals surface area contributed by atoms with Crippen molar-refractivity contribution in [2.24, 2.45) is 0 Å². The minimum absolute atomic E-state index is 0.00181. The molecule has 2 fully saturated rings. The van der Waals surface area contributed by atoms with Crippen LogP contribution in [0.2, 0.25) is 0 Å². The van der Waals surface area contributed by atoms with E-state index in [1.54, 1.807) is 16.4 Å². The van der Waals surface area contributed by atoms with Gasteiger partial charge in [0, 0.05) is 13.1 Å². The number of hydrogen-bond donors (Lipinski definition) is 1. The number of quaternary nitrogens is 1. The molecule has 0 unspecified atom stereocenters. The maximum Gasteiger partial charge on any atom is 0.277 e. The number of amides is 1. The second-order valence-electron chi connectivity index (χ2n) is 9.05. The van der Waals surface area contributed by atoms with E-state index in [0.29, 0.717) is 37.6 Å². The van der Waals surface area contributed by atoms with E-state index in [9.17, 15) is 13.2 Å². The molecule has 6 nitrogen and oxygen atoms in total. The normalized spacial score (nSPS) is 20.3. The third-order valence-corrected chi connectivity index (χ3v) is 7.81. The number of carbonyl (C=O) groups is 1. The van der Waals surface area contributed by atoms with E-state index in [2.05, 4.69) is 20.8 Å². The highest BCUT2D eigenvalue weighted by Gasteiger charge is 2.32. The monoisotopic (exact) mass is 408 g/mol. The fourth-order valence-corrected chi connectivity index (χ4v) is 5.41. The first-order valence-electron chi connectivity index (χ1n) is 10.4. The van der Waals surface area contributed by atoms with Gasteiger partial charge in [-0.15, -0.1) is 0 Å². The zero-order valence-electron chi connectivity index (χ0n) is 17.4. The molecule has 0 bridgehead atoms. The number of hydrogen-bond acceptors (Lipinski definition) is 3. The lowest BCUT2D eigenvalue weighted by atomic mass is 9.87. The Morgan fingerprint density at radius 2 is 1.54 bits per heavy atom. The minimum Gasteiger partial charge on any atom is -0.338 e. The molecule has 7 heteroatoms. The highest BCUT2D eigenvalue weighted by molar-refractivity contribution is 7.89. The number of nitrogens with zero attached hydrogens (tertiary/aromatic N) is 2. The number of sulfonamides is 1. The van der Waals surface area contributed by atoms with Crippen molar-refractivity contribution in [3.8, 4) is 0 Å². The van der Waals surface area contributed by atoms with Crippen molar-refractivity contribution >= 4 is 15.9 Å². The lowest BCUT2D eigenvalue weighted by Crippen LogP contribution is -3.15. The van der Waals surface area contributed by atoms with Crippen LogP contribution in [0.5, 0.6) is 0 Å². The molecule has 1 aromatic carbocycles.